The Morgan fingerprint density at radius 1 is 1.07 bits per heavy atom. The number of carbonyl (C=O) groups is 2. The van der Waals surface area contributed by atoms with Crippen molar-refractivity contribution >= 4 is 11.8 Å². The molecule has 0 atom stereocenters. The molecule has 0 unspecified atom stereocenters. The zero-order chi connectivity index (χ0) is 10.8. The fourth-order valence-corrected chi connectivity index (χ4v) is 0.759. The smallest absolute Gasteiger partial charge is 0.313 e. The lowest BCUT2D eigenvalue weighted by Crippen LogP contribution is -2.13. The second kappa shape index (κ2) is 8.65. The van der Waals surface area contributed by atoms with Crippen LogP contribution < -0.4 is 0 Å². The molecule has 5 nitrogen and oxygen atoms in total. The number of carbonyl (C=O) groups excluding carboxylic acids is 2. The van der Waals surface area contributed by atoms with E-state index in [4.69, 9.17) is 0 Å². The second-order valence-electron chi connectivity index (χ2n) is 2.50. The van der Waals surface area contributed by atoms with Gasteiger partial charge in [-0.1, -0.05) is 0 Å². The molecule has 0 heterocycles. The second-order valence-corrected chi connectivity index (χ2v) is 2.50. The summed E-state index contributed by atoms with van der Waals surface area (Å²) in [6.07, 6.45) is -0.0257. The molecule has 0 rings (SSSR count). The predicted octanol–water partition coefficient (Wildman–Crippen LogP) is 0.867. The Balaban J connectivity index is 3.40. The summed E-state index contributed by atoms with van der Waals surface area (Å²) < 4.78 is 4.61. The van der Waals surface area contributed by atoms with Gasteiger partial charge in [0.15, 0.2) is 0 Å². The van der Waals surface area contributed by atoms with E-state index in [0.717, 1.165) is 0 Å². The lowest BCUT2D eigenvalue weighted by atomic mass is 10.2. The van der Waals surface area contributed by atoms with E-state index >= 15 is 0 Å². The van der Waals surface area contributed by atoms with Gasteiger partial charge in [-0.3, -0.25) is 9.59 Å². The quantitative estimate of drug-likeness (QED) is 0.193. The van der Waals surface area contributed by atoms with Crippen LogP contribution >= 0.6 is 0 Å². The van der Waals surface area contributed by atoms with Gasteiger partial charge in [0.1, 0.15) is 12.2 Å². The number of hydrogen-bond acceptors (Lipinski definition) is 5. The first-order valence-electron chi connectivity index (χ1n) is 4.62. The predicted molar refractivity (Wildman–Crippen MR) is 48.5 cm³/mol. The third-order valence-electron chi connectivity index (χ3n) is 1.31. The number of esters is 1. The summed E-state index contributed by atoms with van der Waals surface area (Å²) in [6, 6.07) is 0. The zero-order valence-electron chi connectivity index (χ0n) is 8.58. The standard InChI is InChI=1S/C9H16O5/c1-3-12-9(11)7-8(10)5-6-14-13-4-2/h3-7H2,1-2H3. The Kier molecular flexibility index (Phi) is 8.07. The lowest BCUT2D eigenvalue weighted by molar-refractivity contribution is -0.290. The van der Waals surface area contributed by atoms with E-state index in [-0.39, 0.29) is 25.2 Å². The van der Waals surface area contributed by atoms with Crippen molar-refractivity contribution in [1.29, 1.82) is 0 Å². The molecule has 0 aromatic rings. The van der Waals surface area contributed by atoms with E-state index in [1.54, 1.807) is 13.8 Å². The fourth-order valence-electron chi connectivity index (χ4n) is 0.759. The van der Waals surface area contributed by atoms with E-state index in [9.17, 15) is 9.59 Å². The van der Waals surface area contributed by atoms with Crippen LogP contribution in [0.3, 0.4) is 0 Å². The molecule has 0 fully saturated rings. The number of ether oxygens (including phenoxy) is 1. The number of ketones is 1. The van der Waals surface area contributed by atoms with E-state index < -0.39 is 5.97 Å². The molecule has 0 bridgehead atoms. The molecule has 0 aliphatic rings. The van der Waals surface area contributed by atoms with E-state index in [0.29, 0.717) is 13.2 Å². The molecule has 0 N–H and O–H groups in total. The summed E-state index contributed by atoms with van der Waals surface area (Å²) in [5.41, 5.74) is 0. The van der Waals surface area contributed by atoms with Gasteiger partial charge in [0.05, 0.1) is 19.8 Å². The van der Waals surface area contributed by atoms with Gasteiger partial charge < -0.3 is 4.74 Å². The summed E-state index contributed by atoms with van der Waals surface area (Å²) in [4.78, 5) is 31.1. The van der Waals surface area contributed by atoms with Crippen LogP contribution in [-0.4, -0.2) is 31.6 Å². The largest absolute Gasteiger partial charge is 0.466 e. The van der Waals surface area contributed by atoms with Gasteiger partial charge in [0, 0.05) is 6.42 Å². The molecule has 0 saturated carbocycles. The normalized spacial score (nSPS) is 9.86. The van der Waals surface area contributed by atoms with Gasteiger partial charge in [0.25, 0.3) is 0 Å². The molecule has 0 amide bonds. The van der Waals surface area contributed by atoms with Crippen molar-refractivity contribution < 1.29 is 24.1 Å². The van der Waals surface area contributed by atoms with Crippen molar-refractivity contribution in [2.45, 2.75) is 26.7 Å². The Labute approximate surface area is 83.3 Å². The van der Waals surface area contributed by atoms with Crippen molar-refractivity contribution in [3.8, 4) is 0 Å². The molecule has 0 spiro atoms. The lowest BCUT2D eigenvalue weighted by Gasteiger charge is -2.01. The maximum Gasteiger partial charge on any atom is 0.313 e. The Hall–Kier alpha value is -0.940. The molecule has 0 aliphatic carbocycles. The highest BCUT2D eigenvalue weighted by Gasteiger charge is 2.09. The van der Waals surface area contributed by atoms with Crippen LogP contribution in [0.4, 0.5) is 0 Å². The fraction of sp³-hybridized carbons (Fsp3) is 0.778. The summed E-state index contributed by atoms with van der Waals surface area (Å²) in [5, 5.41) is 0. The van der Waals surface area contributed by atoms with E-state index in [1.165, 1.54) is 0 Å². The minimum absolute atomic E-state index is 0.165. The van der Waals surface area contributed by atoms with Crippen LogP contribution in [0.5, 0.6) is 0 Å². The highest BCUT2D eigenvalue weighted by atomic mass is 17.2. The molecular formula is C9H16O5. The van der Waals surface area contributed by atoms with Crippen molar-refractivity contribution in [2.24, 2.45) is 0 Å². The molecule has 0 aromatic carbocycles. The summed E-state index contributed by atoms with van der Waals surface area (Å²) >= 11 is 0. The van der Waals surface area contributed by atoms with E-state index in [2.05, 4.69) is 14.5 Å². The van der Waals surface area contributed by atoms with Gasteiger partial charge in [-0.05, 0) is 13.8 Å². The van der Waals surface area contributed by atoms with Crippen molar-refractivity contribution in [3.05, 3.63) is 0 Å². The topological polar surface area (TPSA) is 61.8 Å². The maximum absolute atomic E-state index is 11.1. The van der Waals surface area contributed by atoms with Gasteiger partial charge in [-0.15, -0.1) is 0 Å². The highest BCUT2D eigenvalue weighted by Crippen LogP contribution is 1.94. The monoisotopic (exact) mass is 204 g/mol. The highest BCUT2D eigenvalue weighted by molar-refractivity contribution is 5.95. The van der Waals surface area contributed by atoms with Crippen molar-refractivity contribution in [2.75, 3.05) is 19.8 Å². The van der Waals surface area contributed by atoms with Gasteiger partial charge >= 0.3 is 5.97 Å². The van der Waals surface area contributed by atoms with Gasteiger partial charge in [-0.2, -0.15) is 0 Å². The number of rotatable bonds is 8. The van der Waals surface area contributed by atoms with Gasteiger partial charge in [0.2, 0.25) is 0 Å². The van der Waals surface area contributed by atoms with E-state index in [1.807, 2.05) is 0 Å². The van der Waals surface area contributed by atoms with Crippen LogP contribution in [0.1, 0.15) is 26.7 Å². The molecule has 0 aromatic heterocycles. The summed E-state index contributed by atoms with van der Waals surface area (Å²) in [5.74, 6) is -0.697. The Morgan fingerprint density at radius 3 is 2.36 bits per heavy atom. The van der Waals surface area contributed by atoms with Crippen LogP contribution in [-0.2, 0) is 24.1 Å². The average Bonchev–Trinajstić information content (AvgIpc) is 2.13. The molecule has 82 valence electrons. The summed E-state index contributed by atoms with van der Waals surface area (Å²) in [6.45, 7) is 4.38. The van der Waals surface area contributed by atoms with Crippen LogP contribution in [0.25, 0.3) is 0 Å². The van der Waals surface area contributed by atoms with Gasteiger partial charge in [-0.25, -0.2) is 9.78 Å². The molecule has 0 radical (unpaired) electrons. The third kappa shape index (κ3) is 7.70. The first-order chi connectivity index (χ1) is 6.70. The maximum atomic E-state index is 11.1. The Bertz CT molecular complexity index is 178. The number of Topliss-reactive ketones (excluding diaryl/α,β-unsaturated/α-hetero) is 1. The molecule has 0 saturated heterocycles. The average molecular weight is 204 g/mol. The SMILES string of the molecule is CCOOCCC(=O)CC(=O)OCC. The van der Waals surface area contributed by atoms with Crippen LogP contribution in [0.15, 0.2) is 0 Å². The zero-order valence-corrected chi connectivity index (χ0v) is 8.58. The molecular weight excluding hydrogens is 188 g/mol. The Morgan fingerprint density at radius 2 is 1.79 bits per heavy atom. The third-order valence-corrected chi connectivity index (χ3v) is 1.31. The molecule has 14 heavy (non-hydrogen) atoms. The molecule has 5 heteroatoms. The van der Waals surface area contributed by atoms with Crippen LogP contribution in [0.2, 0.25) is 0 Å². The minimum Gasteiger partial charge on any atom is -0.466 e. The molecule has 0 aliphatic heterocycles. The first kappa shape index (κ1) is 13.1. The van der Waals surface area contributed by atoms with Crippen LogP contribution in [0, 0.1) is 0 Å². The summed E-state index contributed by atoms with van der Waals surface area (Å²) in [7, 11) is 0. The minimum atomic E-state index is -0.492. The number of hydrogen-bond donors (Lipinski definition) is 0. The first-order valence-corrected chi connectivity index (χ1v) is 4.62. The van der Waals surface area contributed by atoms with Crippen molar-refractivity contribution in [3.63, 3.8) is 0 Å². The van der Waals surface area contributed by atoms with Crippen molar-refractivity contribution in [1.82, 2.24) is 0 Å².